The zero-order valence-electron chi connectivity index (χ0n) is 17.0. The number of anilines is 3. The highest BCUT2D eigenvalue weighted by Gasteiger charge is 2.21. The van der Waals surface area contributed by atoms with Crippen LogP contribution >= 0.6 is 0 Å². The van der Waals surface area contributed by atoms with Crippen LogP contribution in [-0.2, 0) is 6.54 Å². The summed E-state index contributed by atoms with van der Waals surface area (Å²) in [5.41, 5.74) is 15.2. The third-order valence-corrected chi connectivity index (χ3v) is 5.42. The predicted octanol–water partition coefficient (Wildman–Crippen LogP) is 2.68. The largest absolute Gasteiger partial charge is 0.398 e. The lowest BCUT2D eigenvalue weighted by molar-refractivity contribution is 0.410. The van der Waals surface area contributed by atoms with E-state index in [1.165, 1.54) is 0 Å². The van der Waals surface area contributed by atoms with Crippen molar-refractivity contribution in [3.05, 3.63) is 29.8 Å². The first-order valence-electron chi connectivity index (χ1n) is 10.2. The minimum atomic E-state index is 0.146. The van der Waals surface area contributed by atoms with E-state index < -0.39 is 0 Å². The van der Waals surface area contributed by atoms with E-state index in [1.807, 2.05) is 28.9 Å². The SMILES string of the molecule is CC(C)n1nnc2c(NCc3ccccc3N)nc(NC3CCC(N)CC3)nc21. The number of hydrogen-bond acceptors (Lipinski definition) is 8. The van der Waals surface area contributed by atoms with Gasteiger partial charge in [-0.05, 0) is 51.2 Å². The maximum Gasteiger partial charge on any atom is 0.227 e. The maximum atomic E-state index is 6.08. The van der Waals surface area contributed by atoms with Gasteiger partial charge in [-0.1, -0.05) is 23.4 Å². The van der Waals surface area contributed by atoms with E-state index >= 15 is 0 Å². The summed E-state index contributed by atoms with van der Waals surface area (Å²) in [6, 6.07) is 8.56. The second-order valence-corrected chi connectivity index (χ2v) is 8.00. The molecular weight excluding hydrogens is 366 g/mol. The fourth-order valence-electron chi connectivity index (χ4n) is 3.69. The van der Waals surface area contributed by atoms with E-state index in [-0.39, 0.29) is 6.04 Å². The Morgan fingerprint density at radius 1 is 1.14 bits per heavy atom. The normalized spacial score (nSPS) is 19.6. The van der Waals surface area contributed by atoms with Crippen molar-refractivity contribution in [1.29, 1.82) is 0 Å². The van der Waals surface area contributed by atoms with Gasteiger partial charge in [0.25, 0.3) is 0 Å². The third kappa shape index (κ3) is 4.24. The molecule has 2 heterocycles. The van der Waals surface area contributed by atoms with Gasteiger partial charge in [0.2, 0.25) is 5.95 Å². The smallest absolute Gasteiger partial charge is 0.227 e. The standard InChI is InChI=1S/C20H29N9/c1-12(2)29-19-17(27-28-29)18(23-11-13-5-3-4-6-16(13)22)25-20(26-19)24-15-9-7-14(21)8-10-15/h3-6,12,14-15H,7-11,21-22H2,1-2H3,(H2,23,24,25,26). The summed E-state index contributed by atoms with van der Waals surface area (Å²) in [4.78, 5) is 9.43. The Morgan fingerprint density at radius 3 is 2.62 bits per heavy atom. The van der Waals surface area contributed by atoms with Gasteiger partial charge in [0.1, 0.15) is 0 Å². The molecule has 0 saturated heterocycles. The molecule has 29 heavy (non-hydrogen) atoms. The van der Waals surface area contributed by atoms with Gasteiger partial charge in [0, 0.05) is 24.3 Å². The highest BCUT2D eigenvalue weighted by molar-refractivity contribution is 5.83. The van der Waals surface area contributed by atoms with Gasteiger partial charge in [-0.2, -0.15) is 9.97 Å². The molecule has 0 amide bonds. The van der Waals surface area contributed by atoms with Crippen LogP contribution in [0.4, 0.5) is 17.5 Å². The molecule has 9 heteroatoms. The van der Waals surface area contributed by atoms with Crippen LogP contribution in [0.5, 0.6) is 0 Å². The molecule has 0 atom stereocenters. The Balaban J connectivity index is 1.63. The van der Waals surface area contributed by atoms with Crippen LogP contribution < -0.4 is 22.1 Å². The van der Waals surface area contributed by atoms with Crippen molar-refractivity contribution in [3.63, 3.8) is 0 Å². The minimum Gasteiger partial charge on any atom is -0.398 e. The first-order chi connectivity index (χ1) is 14.0. The average molecular weight is 396 g/mol. The lowest BCUT2D eigenvalue weighted by atomic mass is 9.92. The molecule has 3 aromatic rings. The number of nitrogens with two attached hydrogens (primary N) is 2. The predicted molar refractivity (Wildman–Crippen MR) is 116 cm³/mol. The molecule has 1 aliphatic carbocycles. The van der Waals surface area contributed by atoms with Crippen LogP contribution in [0.15, 0.2) is 24.3 Å². The van der Waals surface area contributed by atoms with Crippen molar-refractivity contribution in [2.45, 2.75) is 64.2 Å². The summed E-state index contributed by atoms with van der Waals surface area (Å²) in [7, 11) is 0. The van der Waals surface area contributed by atoms with Crippen molar-refractivity contribution < 1.29 is 0 Å². The zero-order chi connectivity index (χ0) is 20.4. The highest BCUT2D eigenvalue weighted by Crippen LogP contribution is 2.25. The van der Waals surface area contributed by atoms with Crippen molar-refractivity contribution >= 4 is 28.6 Å². The van der Waals surface area contributed by atoms with Crippen LogP contribution in [0, 0.1) is 0 Å². The quantitative estimate of drug-likeness (QED) is 0.468. The summed E-state index contributed by atoms with van der Waals surface area (Å²) in [5.74, 6) is 1.24. The Labute approximate surface area is 170 Å². The van der Waals surface area contributed by atoms with Crippen LogP contribution in [0.3, 0.4) is 0 Å². The Morgan fingerprint density at radius 2 is 1.90 bits per heavy atom. The van der Waals surface area contributed by atoms with E-state index in [4.69, 9.17) is 21.4 Å². The van der Waals surface area contributed by atoms with Gasteiger partial charge >= 0.3 is 0 Å². The van der Waals surface area contributed by atoms with E-state index in [0.29, 0.717) is 41.6 Å². The molecule has 0 spiro atoms. The number of fused-ring (bicyclic) bond motifs is 1. The number of aromatic nitrogens is 5. The summed E-state index contributed by atoms with van der Waals surface area (Å²) in [5, 5.41) is 15.5. The fourth-order valence-corrected chi connectivity index (χ4v) is 3.69. The molecule has 6 N–H and O–H groups in total. The van der Waals surface area contributed by atoms with Crippen molar-refractivity contribution in [1.82, 2.24) is 25.0 Å². The number of nitrogen functional groups attached to an aromatic ring is 1. The van der Waals surface area contributed by atoms with Crippen molar-refractivity contribution in [2.24, 2.45) is 5.73 Å². The van der Waals surface area contributed by atoms with Gasteiger partial charge in [0.05, 0.1) is 6.04 Å². The lowest BCUT2D eigenvalue weighted by Crippen LogP contribution is -2.33. The van der Waals surface area contributed by atoms with Gasteiger partial charge in [-0.25, -0.2) is 4.68 Å². The zero-order valence-corrected chi connectivity index (χ0v) is 17.0. The van der Waals surface area contributed by atoms with E-state index in [2.05, 4.69) is 34.8 Å². The number of hydrogen-bond donors (Lipinski definition) is 4. The molecule has 0 radical (unpaired) electrons. The molecule has 1 saturated carbocycles. The Hall–Kier alpha value is -2.94. The second kappa shape index (κ2) is 8.20. The molecule has 9 nitrogen and oxygen atoms in total. The van der Waals surface area contributed by atoms with Crippen LogP contribution in [0.25, 0.3) is 11.2 Å². The van der Waals surface area contributed by atoms with Crippen LogP contribution in [0.2, 0.25) is 0 Å². The molecule has 0 bridgehead atoms. The van der Waals surface area contributed by atoms with Crippen LogP contribution in [-0.4, -0.2) is 37.0 Å². The van der Waals surface area contributed by atoms with Gasteiger partial charge in [0.15, 0.2) is 17.0 Å². The Bertz CT molecular complexity index is 973. The molecule has 154 valence electrons. The molecule has 2 aromatic heterocycles. The summed E-state index contributed by atoms with van der Waals surface area (Å²) >= 11 is 0. The summed E-state index contributed by atoms with van der Waals surface area (Å²) in [6.45, 7) is 4.66. The van der Waals surface area contributed by atoms with E-state index in [1.54, 1.807) is 0 Å². The van der Waals surface area contributed by atoms with Gasteiger partial charge < -0.3 is 22.1 Å². The molecule has 1 fully saturated rings. The first-order valence-corrected chi connectivity index (χ1v) is 10.2. The lowest BCUT2D eigenvalue weighted by Gasteiger charge is -2.26. The molecule has 0 unspecified atom stereocenters. The molecule has 1 aromatic carbocycles. The van der Waals surface area contributed by atoms with Crippen molar-refractivity contribution in [2.75, 3.05) is 16.4 Å². The molecule has 0 aliphatic heterocycles. The third-order valence-electron chi connectivity index (χ3n) is 5.42. The monoisotopic (exact) mass is 395 g/mol. The molecular formula is C20H29N9. The maximum absolute atomic E-state index is 6.08. The number of rotatable bonds is 6. The molecule has 4 rings (SSSR count). The second-order valence-electron chi connectivity index (χ2n) is 8.00. The first kappa shape index (κ1) is 19.4. The minimum absolute atomic E-state index is 0.146. The highest BCUT2D eigenvalue weighted by atomic mass is 15.5. The number of nitrogens with zero attached hydrogens (tertiary/aromatic N) is 5. The topological polar surface area (TPSA) is 133 Å². The number of benzene rings is 1. The van der Waals surface area contributed by atoms with E-state index in [0.717, 1.165) is 36.9 Å². The van der Waals surface area contributed by atoms with E-state index in [9.17, 15) is 0 Å². The summed E-state index contributed by atoms with van der Waals surface area (Å²) < 4.78 is 1.82. The van der Waals surface area contributed by atoms with Gasteiger partial charge in [-0.15, -0.1) is 5.10 Å². The van der Waals surface area contributed by atoms with Gasteiger partial charge in [-0.3, -0.25) is 0 Å². The fraction of sp³-hybridized carbons (Fsp3) is 0.500. The average Bonchev–Trinajstić information content (AvgIpc) is 3.13. The van der Waals surface area contributed by atoms with Crippen molar-refractivity contribution in [3.8, 4) is 0 Å². The number of para-hydroxylation sites is 1. The number of nitrogens with one attached hydrogen (secondary N) is 2. The Kier molecular flexibility index (Phi) is 5.48. The summed E-state index contributed by atoms with van der Waals surface area (Å²) in [6.07, 6.45) is 4.08. The molecule has 1 aliphatic rings. The van der Waals surface area contributed by atoms with Crippen LogP contribution in [0.1, 0.15) is 51.1 Å².